The fourth-order valence-corrected chi connectivity index (χ4v) is 1.71. The van der Waals surface area contributed by atoms with Crippen LogP contribution in [0.1, 0.15) is 12.5 Å². The summed E-state index contributed by atoms with van der Waals surface area (Å²) in [6.07, 6.45) is 0. The average Bonchev–Trinajstić information content (AvgIpc) is 2.40. The van der Waals surface area contributed by atoms with Crippen LogP contribution in [0, 0.1) is 0 Å². The Balaban J connectivity index is 2.15. The van der Waals surface area contributed by atoms with Gasteiger partial charge in [0.15, 0.2) is 0 Å². The molecule has 2 rings (SSSR count). The van der Waals surface area contributed by atoms with Crippen LogP contribution in [0.4, 0.5) is 11.4 Å². The van der Waals surface area contributed by atoms with Crippen molar-refractivity contribution >= 4 is 17.3 Å². The predicted octanol–water partition coefficient (Wildman–Crippen LogP) is 2.81. The Kier molecular flexibility index (Phi) is 4.03. The van der Waals surface area contributed by atoms with Crippen molar-refractivity contribution in [3.8, 4) is 5.75 Å². The minimum atomic E-state index is -0.178. The Labute approximate surface area is 112 Å². The third-order valence-corrected chi connectivity index (χ3v) is 2.60. The van der Waals surface area contributed by atoms with Crippen LogP contribution in [0.3, 0.4) is 0 Å². The molecule has 2 aromatic carbocycles. The zero-order valence-corrected chi connectivity index (χ0v) is 10.7. The number of nitrogens with one attached hydrogen (secondary N) is 1. The summed E-state index contributed by atoms with van der Waals surface area (Å²) in [7, 11) is 0. The summed E-state index contributed by atoms with van der Waals surface area (Å²) >= 11 is 0. The Hall–Kier alpha value is -2.49. The summed E-state index contributed by atoms with van der Waals surface area (Å²) in [5.41, 5.74) is 7.90. The van der Waals surface area contributed by atoms with Crippen molar-refractivity contribution in [2.45, 2.75) is 13.5 Å². The number of nitrogen functional groups attached to an aromatic ring is 1. The number of carbonyl (C=O) groups excluding carboxylic acids is 1. The lowest BCUT2D eigenvalue weighted by atomic mass is 10.2. The molecule has 4 nitrogen and oxygen atoms in total. The lowest BCUT2D eigenvalue weighted by Crippen LogP contribution is -2.10. The van der Waals surface area contributed by atoms with Crippen LogP contribution in [0.15, 0.2) is 48.5 Å². The molecule has 19 heavy (non-hydrogen) atoms. The van der Waals surface area contributed by atoms with E-state index in [4.69, 9.17) is 10.5 Å². The summed E-state index contributed by atoms with van der Waals surface area (Å²) in [6, 6.07) is 15.1. The van der Waals surface area contributed by atoms with Crippen molar-refractivity contribution in [1.82, 2.24) is 0 Å². The van der Waals surface area contributed by atoms with E-state index in [1.165, 1.54) is 6.92 Å². The maximum absolute atomic E-state index is 11.2. The Bertz CT molecular complexity index is 568. The van der Waals surface area contributed by atoms with Crippen LogP contribution in [0.25, 0.3) is 0 Å². The van der Waals surface area contributed by atoms with Crippen LogP contribution < -0.4 is 15.8 Å². The fraction of sp³-hybridized carbons (Fsp3) is 0.133. The topological polar surface area (TPSA) is 64.4 Å². The van der Waals surface area contributed by atoms with Gasteiger partial charge in [0.1, 0.15) is 18.0 Å². The lowest BCUT2D eigenvalue weighted by molar-refractivity contribution is -0.114. The molecule has 0 spiro atoms. The lowest BCUT2D eigenvalue weighted by Gasteiger charge is -2.13. The molecule has 0 aromatic heterocycles. The number of hydrogen-bond acceptors (Lipinski definition) is 3. The largest absolute Gasteiger partial charge is 0.487 e. The zero-order chi connectivity index (χ0) is 13.7. The van der Waals surface area contributed by atoms with Gasteiger partial charge in [0.25, 0.3) is 0 Å². The monoisotopic (exact) mass is 256 g/mol. The molecule has 2 aromatic rings. The van der Waals surface area contributed by atoms with Gasteiger partial charge in [-0.3, -0.25) is 4.79 Å². The molecule has 3 N–H and O–H groups in total. The first kappa shape index (κ1) is 13.0. The molecule has 0 aliphatic heterocycles. The van der Waals surface area contributed by atoms with Crippen molar-refractivity contribution in [2.24, 2.45) is 0 Å². The summed E-state index contributed by atoms with van der Waals surface area (Å²) in [5, 5.41) is 2.69. The number of carbonyl (C=O) groups is 1. The molecule has 0 fully saturated rings. The predicted molar refractivity (Wildman–Crippen MR) is 75.9 cm³/mol. The summed E-state index contributed by atoms with van der Waals surface area (Å²) in [5.74, 6) is 0.390. The van der Waals surface area contributed by atoms with Crippen LogP contribution >= 0.6 is 0 Å². The summed E-state index contributed by atoms with van der Waals surface area (Å²) < 4.78 is 5.71. The smallest absolute Gasteiger partial charge is 0.221 e. The van der Waals surface area contributed by atoms with E-state index in [0.29, 0.717) is 23.7 Å². The highest BCUT2D eigenvalue weighted by atomic mass is 16.5. The van der Waals surface area contributed by atoms with Crippen LogP contribution in [0.5, 0.6) is 5.75 Å². The first-order valence-corrected chi connectivity index (χ1v) is 5.99. The number of rotatable bonds is 4. The number of ether oxygens (including phenoxy) is 1. The van der Waals surface area contributed by atoms with Gasteiger partial charge in [0, 0.05) is 6.92 Å². The highest BCUT2D eigenvalue weighted by Gasteiger charge is 2.09. The molecule has 0 aliphatic carbocycles. The molecule has 0 bridgehead atoms. The van der Waals surface area contributed by atoms with E-state index in [0.717, 1.165) is 5.56 Å². The standard InChI is InChI=1S/C15H16N2O2/c1-11(18)17-15-13(16)8-5-9-14(15)19-10-12-6-3-2-4-7-12/h2-9H,10,16H2,1H3,(H,17,18). The molecule has 0 saturated heterocycles. The van der Waals surface area contributed by atoms with Gasteiger partial charge in [0.05, 0.1) is 5.69 Å². The van der Waals surface area contributed by atoms with E-state index in [1.54, 1.807) is 18.2 Å². The fourth-order valence-electron chi connectivity index (χ4n) is 1.71. The van der Waals surface area contributed by atoms with E-state index in [9.17, 15) is 4.79 Å². The molecule has 0 heterocycles. The molecular weight excluding hydrogens is 240 g/mol. The SMILES string of the molecule is CC(=O)Nc1c(N)cccc1OCc1ccccc1. The van der Waals surface area contributed by atoms with E-state index in [2.05, 4.69) is 5.32 Å². The molecule has 0 unspecified atom stereocenters. The first-order valence-electron chi connectivity index (χ1n) is 5.99. The Morgan fingerprint density at radius 2 is 1.89 bits per heavy atom. The van der Waals surface area contributed by atoms with Crippen molar-refractivity contribution in [2.75, 3.05) is 11.1 Å². The highest BCUT2D eigenvalue weighted by molar-refractivity contribution is 5.94. The van der Waals surface area contributed by atoms with E-state index in [1.807, 2.05) is 30.3 Å². The van der Waals surface area contributed by atoms with Gasteiger partial charge in [0.2, 0.25) is 5.91 Å². The molecule has 4 heteroatoms. The van der Waals surface area contributed by atoms with Crippen molar-refractivity contribution in [3.63, 3.8) is 0 Å². The maximum Gasteiger partial charge on any atom is 0.221 e. The number of nitrogens with two attached hydrogens (primary N) is 1. The minimum absolute atomic E-state index is 0.178. The van der Waals surface area contributed by atoms with Gasteiger partial charge in [-0.05, 0) is 17.7 Å². The molecule has 0 radical (unpaired) electrons. The molecule has 0 aliphatic rings. The summed E-state index contributed by atoms with van der Waals surface area (Å²) in [6.45, 7) is 1.87. The van der Waals surface area contributed by atoms with E-state index >= 15 is 0 Å². The van der Waals surface area contributed by atoms with Crippen LogP contribution in [0.2, 0.25) is 0 Å². The first-order chi connectivity index (χ1) is 9.16. The van der Waals surface area contributed by atoms with Gasteiger partial charge in [-0.15, -0.1) is 0 Å². The van der Waals surface area contributed by atoms with Gasteiger partial charge in [-0.25, -0.2) is 0 Å². The molecule has 0 saturated carbocycles. The Morgan fingerprint density at radius 1 is 1.16 bits per heavy atom. The molecule has 98 valence electrons. The summed E-state index contributed by atoms with van der Waals surface area (Å²) in [4.78, 5) is 11.2. The second-order valence-electron chi connectivity index (χ2n) is 4.18. The van der Waals surface area contributed by atoms with E-state index < -0.39 is 0 Å². The quantitative estimate of drug-likeness (QED) is 0.827. The number of anilines is 2. The van der Waals surface area contributed by atoms with Crippen molar-refractivity contribution in [3.05, 3.63) is 54.1 Å². The van der Waals surface area contributed by atoms with Crippen LogP contribution in [-0.4, -0.2) is 5.91 Å². The Morgan fingerprint density at radius 3 is 2.58 bits per heavy atom. The molecule has 1 amide bonds. The normalized spacial score (nSPS) is 9.95. The number of hydrogen-bond donors (Lipinski definition) is 2. The van der Waals surface area contributed by atoms with Gasteiger partial charge in [-0.2, -0.15) is 0 Å². The third kappa shape index (κ3) is 3.48. The zero-order valence-electron chi connectivity index (χ0n) is 10.7. The average molecular weight is 256 g/mol. The third-order valence-electron chi connectivity index (χ3n) is 2.60. The van der Waals surface area contributed by atoms with Crippen molar-refractivity contribution in [1.29, 1.82) is 0 Å². The van der Waals surface area contributed by atoms with Crippen molar-refractivity contribution < 1.29 is 9.53 Å². The minimum Gasteiger partial charge on any atom is -0.487 e. The van der Waals surface area contributed by atoms with Gasteiger partial charge < -0.3 is 15.8 Å². The maximum atomic E-state index is 11.2. The second kappa shape index (κ2) is 5.91. The molecule has 0 atom stereocenters. The van der Waals surface area contributed by atoms with Gasteiger partial charge >= 0.3 is 0 Å². The van der Waals surface area contributed by atoms with Crippen LogP contribution in [-0.2, 0) is 11.4 Å². The molecular formula is C15H16N2O2. The highest BCUT2D eigenvalue weighted by Crippen LogP contribution is 2.31. The second-order valence-corrected chi connectivity index (χ2v) is 4.18. The number of para-hydroxylation sites is 1. The number of amides is 1. The van der Waals surface area contributed by atoms with Gasteiger partial charge in [-0.1, -0.05) is 36.4 Å². The van der Waals surface area contributed by atoms with E-state index in [-0.39, 0.29) is 5.91 Å². The number of benzene rings is 2.